The molecule has 2 heterocycles. The van der Waals surface area contributed by atoms with Crippen LogP contribution >= 0.6 is 11.3 Å². The zero-order valence-electron chi connectivity index (χ0n) is 16.2. The van der Waals surface area contributed by atoms with E-state index in [1.54, 1.807) is 40.7 Å². The Kier molecular flexibility index (Phi) is 5.85. The van der Waals surface area contributed by atoms with Gasteiger partial charge in [-0.2, -0.15) is 0 Å². The highest BCUT2D eigenvalue weighted by Gasteiger charge is 2.13. The Labute approximate surface area is 177 Å². The van der Waals surface area contributed by atoms with Crippen molar-refractivity contribution in [1.82, 2.24) is 14.8 Å². The molecule has 1 amide bonds. The summed E-state index contributed by atoms with van der Waals surface area (Å²) in [6.45, 7) is 2.79. The maximum atomic E-state index is 13.6. The maximum Gasteiger partial charge on any atom is 0.268 e. The van der Waals surface area contributed by atoms with Gasteiger partial charge in [0.05, 0.1) is 11.4 Å². The largest absolute Gasteiger partial charge is 0.486 e. The molecule has 0 bridgehead atoms. The number of hydrogen-bond acceptors (Lipinski definition) is 5. The number of aromatic nitrogens is 3. The highest BCUT2D eigenvalue weighted by Crippen LogP contribution is 2.20. The predicted octanol–water partition coefficient (Wildman–Crippen LogP) is 4.67. The number of amides is 1. The third kappa shape index (κ3) is 4.72. The summed E-state index contributed by atoms with van der Waals surface area (Å²) >= 11 is 1.28. The molecule has 8 heteroatoms. The van der Waals surface area contributed by atoms with Crippen LogP contribution in [0.25, 0.3) is 0 Å². The number of para-hydroxylation sites is 1. The topological polar surface area (TPSA) is 69.0 Å². The maximum absolute atomic E-state index is 13.6. The SMILES string of the molecule is Cc1ccccc1Cn1cnc(NC(=O)c2cc(COc3ccccc3F)cs2)n1. The lowest BCUT2D eigenvalue weighted by Gasteiger charge is -2.05. The van der Waals surface area contributed by atoms with Crippen molar-refractivity contribution < 1.29 is 13.9 Å². The van der Waals surface area contributed by atoms with Crippen LogP contribution in [0.4, 0.5) is 10.3 Å². The quantitative estimate of drug-likeness (QED) is 0.470. The number of halogens is 1. The zero-order chi connectivity index (χ0) is 20.9. The first-order valence-corrected chi connectivity index (χ1v) is 10.2. The molecule has 0 aliphatic rings. The van der Waals surface area contributed by atoms with E-state index in [-0.39, 0.29) is 24.2 Å². The Morgan fingerprint density at radius 3 is 2.83 bits per heavy atom. The first-order chi connectivity index (χ1) is 14.6. The minimum Gasteiger partial charge on any atom is -0.486 e. The summed E-state index contributed by atoms with van der Waals surface area (Å²) in [7, 11) is 0. The molecule has 0 saturated carbocycles. The van der Waals surface area contributed by atoms with E-state index < -0.39 is 5.82 Å². The van der Waals surface area contributed by atoms with Gasteiger partial charge in [0, 0.05) is 5.56 Å². The fraction of sp³-hybridized carbons (Fsp3) is 0.136. The fourth-order valence-corrected chi connectivity index (χ4v) is 3.64. The predicted molar refractivity (Wildman–Crippen MR) is 113 cm³/mol. The minimum atomic E-state index is -0.418. The Hall–Kier alpha value is -3.52. The average molecular weight is 422 g/mol. The van der Waals surface area contributed by atoms with Gasteiger partial charge in [0.25, 0.3) is 5.91 Å². The Bertz CT molecular complexity index is 1170. The van der Waals surface area contributed by atoms with Crippen molar-refractivity contribution in [3.63, 3.8) is 0 Å². The van der Waals surface area contributed by atoms with Gasteiger partial charge < -0.3 is 4.74 Å². The van der Waals surface area contributed by atoms with Crippen molar-refractivity contribution in [2.24, 2.45) is 0 Å². The molecule has 0 atom stereocenters. The second kappa shape index (κ2) is 8.87. The molecule has 6 nitrogen and oxygen atoms in total. The monoisotopic (exact) mass is 422 g/mol. The Morgan fingerprint density at radius 2 is 2.00 bits per heavy atom. The van der Waals surface area contributed by atoms with Crippen LogP contribution < -0.4 is 10.1 Å². The van der Waals surface area contributed by atoms with Gasteiger partial charge in [0.15, 0.2) is 11.6 Å². The van der Waals surface area contributed by atoms with Crippen molar-refractivity contribution >= 4 is 23.2 Å². The zero-order valence-corrected chi connectivity index (χ0v) is 17.0. The molecule has 2 aromatic heterocycles. The molecule has 0 aliphatic heterocycles. The number of nitrogens with one attached hydrogen (secondary N) is 1. The molecule has 0 unspecified atom stereocenters. The van der Waals surface area contributed by atoms with E-state index in [9.17, 15) is 9.18 Å². The molecular weight excluding hydrogens is 403 g/mol. The Balaban J connectivity index is 1.35. The van der Waals surface area contributed by atoms with E-state index in [0.717, 1.165) is 11.1 Å². The summed E-state index contributed by atoms with van der Waals surface area (Å²) in [5.41, 5.74) is 3.09. The van der Waals surface area contributed by atoms with E-state index in [0.29, 0.717) is 11.4 Å². The molecule has 1 N–H and O–H groups in total. The first-order valence-electron chi connectivity index (χ1n) is 9.28. The van der Waals surface area contributed by atoms with Gasteiger partial charge in [-0.1, -0.05) is 36.4 Å². The summed E-state index contributed by atoms with van der Waals surface area (Å²) in [5.74, 6) is -0.298. The van der Waals surface area contributed by atoms with Gasteiger partial charge >= 0.3 is 0 Å². The van der Waals surface area contributed by atoms with Crippen LogP contribution in [0.2, 0.25) is 0 Å². The van der Waals surface area contributed by atoms with Gasteiger partial charge in [-0.3, -0.25) is 10.1 Å². The van der Waals surface area contributed by atoms with Crippen molar-refractivity contribution in [2.75, 3.05) is 5.32 Å². The molecule has 0 saturated heterocycles. The van der Waals surface area contributed by atoms with Crippen LogP contribution in [0.5, 0.6) is 5.75 Å². The van der Waals surface area contributed by atoms with Gasteiger partial charge in [-0.25, -0.2) is 14.1 Å². The van der Waals surface area contributed by atoms with E-state index in [1.165, 1.54) is 23.0 Å². The molecule has 152 valence electrons. The summed E-state index contributed by atoms with van der Waals surface area (Å²) in [6.07, 6.45) is 1.59. The standard InChI is InChI=1S/C22H19FN4O2S/c1-15-6-2-3-7-17(15)11-27-14-24-22(26-27)25-21(28)20-10-16(13-30-20)12-29-19-9-5-4-8-18(19)23/h2-10,13-14H,11-12H2,1H3,(H,25,26,28). The summed E-state index contributed by atoms with van der Waals surface area (Å²) in [5, 5.41) is 8.82. The second-order valence-electron chi connectivity index (χ2n) is 6.68. The lowest BCUT2D eigenvalue weighted by Crippen LogP contribution is -2.12. The van der Waals surface area contributed by atoms with Crippen LogP contribution in [0.3, 0.4) is 0 Å². The number of rotatable bonds is 7. The average Bonchev–Trinajstić information content (AvgIpc) is 3.39. The molecule has 0 radical (unpaired) electrons. The number of carbonyl (C=O) groups is 1. The molecule has 0 fully saturated rings. The van der Waals surface area contributed by atoms with Crippen molar-refractivity contribution in [3.05, 3.63) is 93.7 Å². The number of anilines is 1. The lowest BCUT2D eigenvalue weighted by molar-refractivity contribution is 0.102. The van der Waals surface area contributed by atoms with Crippen molar-refractivity contribution in [3.8, 4) is 5.75 Å². The molecular formula is C22H19FN4O2S. The normalized spacial score (nSPS) is 10.7. The first kappa shape index (κ1) is 19.8. The van der Waals surface area contributed by atoms with Crippen molar-refractivity contribution in [1.29, 1.82) is 0 Å². The molecule has 4 aromatic rings. The lowest BCUT2D eigenvalue weighted by atomic mass is 10.1. The molecule has 0 aliphatic carbocycles. The van der Waals surface area contributed by atoms with E-state index in [4.69, 9.17) is 4.74 Å². The van der Waals surface area contributed by atoms with Gasteiger partial charge in [-0.05, 0) is 41.6 Å². The van der Waals surface area contributed by atoms with Gasteiger partial charge in [0.1, 0.15) is 12.9 Å². The van der Waals surface area contributed by atoms with Crippen LogP contribution in [0.1, 0.15) is 26.4 Å². The summed E-state index contributed by atoms with van der Waals surface area (Å²) in [4.78, 5) is 17.1. The van der Waals surface area contributed by atoms with E-state index in [1.807, 2.05) is 31.2 Å². The highest BCUT2D eigenvalue weighted by atomic mass is 32.1. The van der Waals surface area contributed by atoms with Crippen LogP contribution in [-0.2, 0) is 13.2 Å². The number of hydrogen-bond donors (Lipinski definition) is 1. The van der Waals surface area contributed by atoms with Gasteiger partial charge in [-0.15, -0.1) is 16.4 Å². The third-order valence-electron chi connectivity index (χ3n) is 4.46. The van der Waals surface area contributed by atoms with Crippen LogP contribution in [-0.4, -0.2) is 20.7 Å². The third-order valence-corrected chi connectivity index (χ3v) is 5.44. The molecule has 0 spiro atoms. The number of nitrogens with zero attached hydrogens (tertiary/aromatic N) is 3. The van der Waals surface area contributed by atoms with Crippen molar-refractivity contribution in [2.45, 2.75) is 20.1 Å². The highest BCUT2D eigenvalue weighted by molar-refractivity contribution is 7.12. The smallest absolute Gasteiger partial charge is 0.268 e. The van der Waals surface area contributed by atoms with Gasteiger partial charge in [0.2, 0.25) is 5.95 Å². The summed E-state index contributed by atoms with van der Waals surface area (Å²) < 4.78 is 20.8. The second-order valence-corrected chi connectivity index (χ2v) is 7.60. The number of ether oxygens (including phenoxy) is 1. The van der Waals surface area contributed by atoms with Crippen LogP contribution in [0.15, 0.2) is 66.3 Å². The fourth-order valence-electron chi connectivity index (χ4n) is 2.85. The number of carbonyl (C=O) groups excluding carboxylic acids is 1. The Morgan fingerprint density at radius 1 is 1.20 bits per heavy atom. The minimum absolute atomic E-state index is 0.175. The molecule has 4 rings (SSSR count). The molecule has 2 aromatic carbocycles. The number of aryl methyl sites for hydroxylation is 1. The van der Waals surface area contributed by atoms with Crippen LogP contribution in [0, 0.1) is 12.7 Å². The number of thiophene rings is 1. The van der Waals surface area contributed by atoms with E-state index in [2.05, 4.69) is 15.4 Å². The summed E-state index contributed by atoms with van der Waals surface area (Å²) in [6, 6.07) is 16.0. The molecule has 30 heavy (non-hydrogen) atoms. The van der Waals surface area contributed by atoms with E-state index >= 15 is 0 Å². The number of benzene rings is 2.